The van der Waals surface area contributed by atoms with Crippen LogP contribution in [-0.2, 0) is 0 Å². The van der Waals surface area contributed by atoms with E-state index < -0.39 is 0 Å². The molecule has 2 aromatic rings. The molecule has 1 aromatic heterocycles. The van der Waals surface area contributed by atoms with Crippen molar-refractivity contribution in [3.63, 3.8) is 0 Å². The van der Waals surface area contributed by atoms with Gasteiger partial charge >= 0.3 is 0 Å². The number of rotatable bonds is 0. The van der Waals surface area contributed by atoms with Gasteiger partial charge < -0.3 is 9.40 Å². The van der Waals surface area contributed by atoms with E-state index in [1.54, 1.807) is 0 Å². The third-order valence-electron chi connectivity index (χ3n) is 3.06. The van der Waals surface area contributed by atoms with Crippen molar-refractivity contribution in [3.8, 4) is 11.3 Å². The average molecular weight is 207 g/mol. The van der Waals surface area contributed by atoms with E-state index in [1.165, 1.54) is 16.3 Å². The van der Waals surface area contributed by atoms with Crippen LogP contribution < -0.4 is 0 Å². The average Bonchev–Trinajstić information content (AvgIpc) is 2.83. The van der Waals surface area contributed by atoms with Gasteiger partial charge in [-0.2, -0.15) is 0 Å². The molecule has 2 heterocycles. The van der Waals surface area contributed by atoms with Gasteiger partial charge in [0.15, 0.2) is 0 Å². The van der Waals surface area contributed by atoms with Gasteiger partial charge in [0.05, 0.1) is 0 Å². The van der Waals surface area contributed by atoms with Crippen LogP contribution in [0.3, 0.4) is 0 Å². The van der Waals surface area contributed by atoms with E-state index >= 15 is 0 Å². The molecule has 0 fully saturated rings. The molecule has 0 bridgehead atoms. The lowest BCUT2D eigenvalue weighted by atomic mass is 10.1. The van der Waals surface area contributed by atoms with Crippen LogP contribution in [0.4, 0.5) is 0 Å². The summed E-state index contributed by atoms with van der Waals surface area (Å²) in [5.74, 6) is 0. The van der Waals surface area contributed by atoms with E-state index in [-0.39, 0.29) is 0 Å². The first-order valence-electron chi connectivity index (χ1n) is 5.31. The largest absolute Gasteiger partial charge is 0.456 e. The van der Waals surface area contributed by atoms with Crippen molar-refractivity contribution in [2.24, 2.45) is 0 Å². The molecule has 0 amide bonds. The number of aromatic nitrogens is 1. The van der Waals surface area contributed by atoms with Gasteiger partial charge in [-0.15, -0.1) is 0 Å². The lowest BCUT2D eigenvalue weighted by Crippen LogP contribution is -1.77. The fourth-order valence-corrected chi connectivity index (χ4v) is 2.36. The molecule has 16 heavy (non-hydrogen) atoms. The number of benzene rings is 1. The summed E-state index contributed by atoms with van der Waals surface area (Å²) in [7, 11) is 0. The third kappa shape index (κ3) is 0.865. The third-order valence-corrected chi connectivity index (χ3v) is 3.06. The van der Waals surface area contributed by atoms with Gasteiger partial charge in [0, 0.05) is 34.3 Å². The highest BCUT2D eigenvalue weighted by molar-refractivity contribution is 6.14. The molecule has 2 nitrogen and oxygen atoms in total. The van der Waals surface area contributed by atoms with Crippen molar-refractivity contribution in [3.05, 3.63) is 48.7 Å². The first-order chi connectivity index (χ1) is 7.93. The number of hydrogen-bond donors (Lipinski definition) is 1. The highest BCUT2D eigenvalue weighted by Gasteiger charge is 2.15. The Morgan fingerprint density at radius 1 is 0.938 bits per heavy atom. The van der Waals surface area contributed by atoms with E-state index in [2.05, 4.69) is 23.2 Å². The minimum Gasteiger partial charge on any atom is -0.456 e. The van der Waals surface area contributed by atoms with Crippen molar-refractivity contribution >= 4 is 21.9 Å². The summed E-state index contributed by atoms with van der Waals surface area (Å²) in [4.78, 5) is 3.23. The lowest BCUT2D eigenvalue weighted by Gasteiger charge is -1.97. The number of H-pyrrole nitrogens is 1. The van der Waals surface area contributed by atoms with E-state index in [4.69, 9.17) is 4.42 Å². The molecule has 2 heteroatoms. The van der Waals surface area contributed by atoms with Gasteiger partial charge in [0.25, 0.3) is 0 Å². The number of furan rings is 1. The van der Waals surface area contributed by atoms with Gasteiger partial charge in [0.1, 0.15) is 11.2 Å². The maximum atomic E-state index is 5.82. The van der Waals surface area contributed by atoms with Gasteiger partial charge in [-0.1, -0.05) is 24.3 Å². The highest BCUT2D eigenvalue weighted by Crippen LogP contribution is 2.39. The molecule has 2 aliphatic rings. The normalized spacial score (nSPS) is 11.8. The van der Waals surface area contributed by atoms with Crippen LogP contribution in [0, 0.1) is 0 Å². The predicted octanol–water partition coefficient (Wildman–Crippen LogP) is 4.02. The molecule has 1 aromatic carbocycles. The molecule has 0 saturated heterocycles. The molecule has 1 aliphatic heterocycles. The van der Waals surface area contributed by atoms with Crippen LogP contribution in [0.15, 0.2) is 53.1 Å². The van der Waals surface area contributed by atoms with Crippen LogP contribution in [0.2, 0.25) is 0 Å². The zero-order valence-corrected chi connectivity index (χ0v) is 8.53. The number of pyridine rings is 1. The summed E-state index contributed by atoms with van der Waals surface area (Å²) < 4.78 is 5.82. The summed E-state index contributed by atoms with van der Waals surface area (Å²) in [5.41, 5.74) is 4.27. The molecular weight excluding hydrogens is 198 g/mol. The topological polar surface area (TPSA) is 28.9 Å². The summed E-state index contributed by atoms with van der Waals surface area (Å²) in [6, 6.07) is 14.4. The number of fused-ring (bicyclic) bond motifs is 5. The Kier molecular flexibility index (Phi) is 1.33. The second-order valence-corrected chi connectivity index (χ2v) is 3.98. The fraction of sp³-hybridized carbons (Fsp3) is 0. The van der Waals surface area contributed by atoms with Crippen LogP contribution in [0.5, 0.6) is 0 Å². The Morgan fingerprint density at radius 2 is 1.88 bits per heavy atom. The van der Waals surface area contributed by atoms with Crippen LogP contribution in [-0.4, -0.2) is 4.98 Å². The van der Waals surface area contributed by atoms with E-state index in [1.807, 2.05) is 30.5 Å². The Labute approximate surface area is 91.8 Å². The zero-order valence-electron chi connectivity index (χ0n) is 8.53. The summed E-state index contributed by atoms with van der Waals surface area (Å²) in [5, 5.41) is 2.40. The minimum absolute atomic E-state index is 0.957. The molecule has 4 rings (SSSR count). The molecule has 0 atom stereocenters. The summed E-state index contributed by atoms with van der Waals surface area (Å²) in [6.07, 6.45) is 1.93. The monoisotopic (exact) mass is 207 g/mol. The number of nitrogens with one attached hydrogen (secondary N) is 1. The molecule has 76 valence electrons. The first-order valence-corrected chi connectivity index (χ1v) is 5.31. The van der Waals surface area contributed by atoms with E-state index in [0.29, 0.717) is 0 Å². The zero-order chi connectivity index (χ0) is 10.5. The molecule has 0 radical (unpaired) electrons. The Morgan fingerprint density at radius 3 is 2.88 bits per heavy atom. The highest BCUT2D eigenvalue weighted by atomic mass is 16.3. The van der Waals surface area contributed by atoms with Gasteiger partial charge in [-0.3, -0.25) is 0 Å². The maximum absolute atomic E-state index is 5.82. The van der Waals surface area contributed by atoms with Crippen molar-refractivity contribution in [1.29, 1.82) is 0 Å². The Hall–Kier alpha value is -2.22. The minimum atomic E-state index is 0.957. The van der Waals surface area contributed by atoms with Crippen molar-refractivity contribution in [1.82, 2.24) is 4.98 Å². The second kappa shape index (κ2) is 2.67. The standard InChI is InChI=1S/C14H9NO/c1-2-6-12-10(4-1)14-9-5-3-7-15-11(9)8-13(14)16-12/h1-8,15H. The molecular formula is C14H9NO. The first kappa shape index (κ1) is 7.99. The number of hydrogen-bond acceptors (Lipinski definition) is 1. The van der Waals surface area contributed by atoms with Gasteiger partial charge in [0.2, 0.25) is 0 Å². The fourth-order valence-electron chi connectivity index (χ4n) is 2.36. The second-order valence-electron chi connectivity index (χ2n) is 3.98. The maximum Gasteiger partial charge on any atom is 0.138 e. The molecule has 0 unspecified atom stereocenters. The summed E-state index contributed by atoms with van der Waals surface area (Å²) in [6.45, 7) is 0. The van der Waals surface area contributed by atoms with Crippen LogP contribution in [0.25, 0.3) is 33.2 Å². The van der Waals surface area contributed by atoms with Gasteiger partial charge in [-0.05, 0) is 12.1 Å². The van der Waals surface area contributed by atoms with Crippen LogP contribution in [0.1, 0.15) is 0 Å². The quantitative estimate of drug-likeness (QED) is 0.463. The molecule has 0 spiro atoms. The Bertz CT molecular complexity index is 763. The van der Waals surface area contributed by atoms with Gasteiger partial charge in [-0.25, -0.2) is 0 Å². The molecule has 1 N–H and O–H groups in total. The van der Waals surface area contributed by atoms with Crippen LogP contribution >= 0.6 is 0 Å². The Balaban J connectivity index is 2.33. The summed E-state index contributed by atoms with van der Waals surface area (Å²) >= 11 is 0. The molecule has 1 aliphatic carbocycles. The molecule has 0 saturated carbocycles. The smallest absolute Gasteiger partial charge is 0.138 e. The van der Waals surface area contributed by atoms with Crippen molar-refractivity contribution < 1.29 is 4.42 Å². The van der Waals surface area contributed by atoms with Crippen molar-refractivity contribution in [2.45, 2.75) is 0 Å². The number of aromatic amines is 1. The number of para-hydroxylation sites is 1. The SMILES string of the molecule is c1c[nH]c2cc3oc4ccccc4c3c-2c1. The predicted molar refractivity (Wildman–Crippen MR) is 64.7 cm³/mol. The van der Waals surface area contributed by atoms with E-state index in [9.17, 15) is 0 Å². The lowest BCUT2D eigenvalue weighted by molar-refractivity contribution is 0.670. The van der Waals surface area contributed by atoms with Crippen molar-refractivity contribution in [2.75, 3.05) is 0 Å². The van der Waals surface area contributed by atoms with E-state index in [0.717, 1.165) is 16.9 Å².